The molecule has 4 nitrogen and oxygen atoms in total. The molecule has 0 amide bonds. The number of pyridine rings is 1. The Kier molecular flexibility index (Phi) is 4.25. The number of hydrogen-bond acceptors (Lipinski definition) is 4. The molecule has 0 radical (unpaired) electrons. The first-order valence-corrected chi connectivity index (χ1v) is 4.74. The zero-order valence-corrected chi connectivity index (χ0v) is 9.14. The molecule has 0 saturated carbocycles. The Morgan fingerprint density at radius 3 is 2.16 bits per heavy atom. The Morgan fingerprint density at radius 2 is 1.79 bits per heavy atom. The van der Waals surface area contributed by atoms with E-state index in [0.717, 1.165) is 0 Å². The Morgan fingerprint density at radius 1 is 1.21 bits per heavy atom. The number of alkyl halides is 6. The van der Waals surface area contributed by atoms with Gasteiger partial charge in [0.2, 0.25) is 0 Å². The highest BCUT2D eigenvalue weighted by molar-refractivity contribution is 5.43. The first kappa shape index (κ1) is 15.5. The lowest BCUT2D eigenvalue weighted by Crippen LogP contribution is -2.23. The van der Waals surface area contributed by atoms with Gasteiger partial charge in [-0.2, -0.15) is 13.2 Å². The molecule has 0 aliphatic heterocycles. The van der Waals surface area contributed by atoms with Crippen molar-refractivity contribution in [1.29, 1.82) is 0 Å². The van der Waals surface area contributed by atoms with Gasteiger partial charge in [-0.1, -0.05) is 0 Å². The van der Waals surface area contributed by atoms with Crippen molar-refractivity contribution in [1.82, 2.24) is 4.98 Å². The molecule has 3 N–H and O–H groups in total. The monoisotopic (exact) mass is 290 g/mol. The van der Waals surface area contributed by atoms with Crippen LogP contribution >= 0.6 is 0 Å². The van der Waals surface area contributed by atoms with E-state index in [4.69, 9.17) is 10.8 Å². The van der Waals surface area contributed by atoms with Crippen LogP contribution in [0.1, 0.15) is 16.8 Å². The zero-order chi connectivity index (χ0) is 14.8. The quantitative estimate of drug-likeness (QED) is 0.835. The van der Waals surface area contributed by atoms with E-state index in [0.29, 0.717) is 6.20 Å². The second-order valence-corrected chi connectivity index (χ2v) is 3.33. The van der Waals surface area contributed by atoms with Gasteiger partial charge in [0.15, 0.2) is 5.75 Å². The average Bonchev–Trinajstić information content (AvgIpc) is 2.25. The SMILES string of the molecule is NCc1c(C(F)(F)F)cnc(CO)c1OC(F)(F)F. The van der Waals surface area contributed by atoms with Gasteiger partial charge < -0.3 is 15.6 Å². The summed E-state index contributed by atoms with van der Waals surface area (Å²) in [6.45, 7) is -1.87. The van der Waals surface area contributed by atoms with Crippen LogP contribution in [0.25, 0.3) is 0 Å². The Balaban J connectivity index is 3.46. The lowest BCUT2D eigenvalue weighted by atomic mass is 10.1. The minimum atomic E-state index is -5.22. The number of ether oxygens (including phenoxy) is 1. The molecular formula is C9H8F6N2O2. The van der Waals surface area contributed by atoms with E-state index < -0.39 is 48.3 Å². The highest BCUT2D eigenvalue weighted by Crippen LogP contribution is 2.38. The van der Waals surface area contributed by atoms with Gasteiger partial charge in [-0.15, -0.1) is 13.2 Å². The third-order valence-electron chi connectivity index (χ3n) is 2.09. The summed E-state index contributed by atoms with van der Waals surface area (Å²) in [5, 5.41) is 8.80. The zero-order valence-electron chi connectivity index (χ0n) is 9.14. The minimum absolute atomic E-state index is 0.303. The average molecular weight is 290 g/mol. The van der Waals surface area contributed by atoms with Crippen LogP contribution in [0, 0.1) is 0 Å². The molecule has 0 aromatic carbocycles. The summed E-state index contributed by atoms with van der Waals surface area (Å²) < 4.78 is 77.7. The summed E-state index contributed by atoms with van der Waals surface area (Å²) in [7, 11) is 0. The van der Waals surface area contributed by atoms with Crippen LogP contribution in [-0.4, -0.2) is 16.5 Å². The number of nitrogens with zero attached hydrogens (tertiary/aromatic N) is 1. The van der Waals surface area contributed by atoms with Crippen molar-refractivity contribution in [2.45, 2.75) is 25.7 Å². The first-order valence-electron chi connectivity index (χ1n) is 4.74. The van der Waals surface area contributed by atoms with E-state index in [1.807, 2.05) is 0 Å². The summed E-state index contributed by atoms with van der Waals surface area (Å²) in [4.78, 5) is 3.11. The molecule has 0 spiro atoms. The van der Waals surface area contributed by atoms with Gasteiger partial charge in [-0.05, 0) is 0 Å². The van der Waals surface area contributed by atoms with Gasteiger partial charge in [-0.3, -0.25) is 4.98 Å². The molecule has 0 aliphatic carbocycles. The number of aliphatic hydroxyl groups excluding tert-OH is 1. The fourth-order valence-electron chi connectivity index (χ4n) is 1.37. The molecule has 1 aromatic heterocycles. The summed E-state index contributed by atoms with van der Waals surface area (Å²) in [6, 6.07) is 0. The van der Waals surface area contributed by atoms with Crippen molar-refractivity contribution in [2.24, 2.45) is 5.73 Å². The fraction of sp³-hybridized carbons (Fsp3) is 0.444. The number of nitrogens with two attached hydrogens (primary N) is 1. The molecule has 1 rings (SSSR count). The van der Waals surface area contributed by atoms with Crippen molar-refractivity contribution < 1.29 is 36.2 Å². The van der Waals surface area contributed by atoms with Gasteiger partial charge in [0.05, 0.1) is 12.2 Å². The summed E-state index contributed by atoms with van der Waals surface area (Å²) in [5.74, 6) is -1.22. The van der Waals surface area contributed by atoms with Crippen molar-refractivity contribution in [3.63, 3.8) is 0 Å². The summed E-state index contributed by atoms with van der Waals surface area (Å²) in [6.07, 6.45) is -9.85. The van der Waals surface area contributed by atoms with Crippen molar-refractivity contribution >= 4 is 0 Å². The molecule has 0 saturated heterocycles. The van der Waals surface area contributed by atoms with E-state index in [1.165, 1.54) is 0 Å². The highest BCUT2D eigenvalue weighted by Gasteiger charge is 2.39. The minimum Gasteiger partial charge on any atom is -0.403 e. The van der Waals surface area contributed by atoms with Crippen LogP contribution in [0.5, 0.6) is 5.75 Å². The van der Waals surface area contributed by atoms with Gasteiger partial charge in [-0.25, -0.2) is 0 Å². The largest absolute Gasteiger partial charge is 0.573 e. The Hall–Kier alpha value is -1.55. The van der Waals surface area contributed by atoms with Crippen LogP contribution in [0.15, 0.2) is 6.20 Å². The third kappa shape index (κ3) is 3.70. The van der Waals surface area contributed by atoms with E-state index >= 15 is 0 Å². The van der Waals surface area contributed by atoms with E-state index in [9.17, 15) is 26.3 Å². The maximum atomic E-state index is 12.6. The molecule has 10 heteroatoms. The number of aromatic nitrogens is 1. The van der Waals surface area contributed by atoms with Crippen LogP contribution in [0.4, 0.5) is 26.3 Å². The number of rotatable bonds is 3. The molecule has 1 aromatic rings. The molecular weight excluding hydrogens is 282 g/mol. The molecule has 1 heterocycles. The number of aliphatic hydroxyl groups is 1. The molecule has 0 unspecified atom stereocenters. The highest BCUT2D eigenvalue weighted by atomic mass is 19.4. The maximum absolute atomic E-state index is 12.6. The Labute approximate surface area is 102 Å². The van der Waals surface area contributed by atoms with Crippen molar-refractivity contribution in [3.8, 4) is 5.75 Å². The molecule has 0 aliphatic rings. The van der Waals surface area contributed by atoms with Crippen LogP contribution in [0.2, 0.25) is 0 Å². The first-order chi connectivity index (χ1) is 8.60. The topological polar surface area (TPSA) is 68.4 Å². The van der Waals surface area contributed by atoms with Crippen molar-refractivity contribution in [3.05, 3.63) is 23.0 Å². The predicted octanol–water partition coefficient (Wildman–Crippen LogP) is 1.95. The van der Waals surface area contributed by atoms with Crippen LogP contribution in [-0.2, 0) is 19.3 Å². The number of hydrogen-bond donors (Lipinski definition) is 2. The van der Waals surface area contributed by atoms with Crippen molar-refractivity contribution in [2.75, 3.05) is 0 Å². The molecule has 19 heavy (non-hydrogen) atoms. The second-order valence-electron chi connectivity index (χ2n) is 3.33. The standard InChI is InChI=1S/C9H8F6N2O2/c10-8(11,12)5-2-17-6(3-18)7(4(5)1-16)19-9(13,14)15/h2,18H,1,3,16H2. The van der Waals surface area contributed by atoms with Crippen LogP contribution in [0.3, 0.4) is 0 Å². The second kappa shape index (κ2) is 5.21. The molecule has 108 valence electrons. The Bertz CT molecular complexity index is 457. The lowest BCUT2D eigenvalue weighted by Gasteiger charge is -2.19. The lowest BCUT2D eigenvalue weighted by molar-refractivity contribution is -0.275. The fourth-order valence-corrected chi connectivity index (χ4v) is 1.37. The summed E-state index contributed by atoms with van der Waals surface area (Å²) in [5.41, 5.74) is 2.01. The van der Waals surface area contributed by atoms with Gasteiger partial charge in [0.25, 0.3) is 0 Å². The maximum Gasteiger partial charge on any atom is 0.573 e. The number of halogens is 6. The van der Waals surface area contributed by atoms with E-state index in [1.54, 1.807) is 0 Å². The van der Waals surface area contributed by atoms with E-state index in [-0.39, 0.29) is 0 Å². The van der Waals surface area contributed by atoms with Crippen LogP contribution < -0.4 is 10.5 Å². The normalized spacial score (nSPS) is 12.6. The van der Waals surface area contributed by atoms with Gasteiger partial charge >= 0.3 is 12.5 Å². The van der Waals surface area contributed by atoms with E-state index in [2.05, 4.69) is 9.72 Å². The smallest absolute Gasteiger partial charge is 0.403 e. The van der Waals surface area contributed by atoms with Gasteiger partial charge in [0.1, 0.15) is 5.69 Å². The predicted molar refractivity (Wildman–Crippen MR) is 49.7 cm³/mol. The third-order valence-corrected chi connectivity index (χ3v) is 2.09. The molecule has 0 atom stereocenters. The van der Waals surface area contributed by atoms with Gasteiger partial charge in [0, 0.05) is 18.3 Å². The summed E-state index contributed by atoms with van der Waals surface area (Å²) >= 11 is 0. The molecule has 0 fully saturated rings. The molecule has 0 bridgehead atoms.